The van der Waals surface area contributed by atoms with Crippen LogP contribution < -0.4 is 15.5 Å². The lowest BCUT2D eigenvalue weighted by molar-refractivity contribution is -0.121. The molecule has 0 saturated heterocycles. The SMILES string of the molecule is CCCCCCCCCCCCCCc1ccc(N2c3ccccc3Nc3cc(CCC(=O)NCCOCCOC)ccc32)cc1. The van der Waals surface area contributed by atoms with E-state index in [0.717, 1.165) is 40.4 Å². The fourth-order valence-electron chi connectivity index (χ4n) is 6.20. The molecule has 0 spiro atoms. The molecule has 6 heteroatoms. The van der Waals surface area contributed by atoms with Crippen molar-refractivity contribution in [2.45, 2.75) is 103 Å². The highest BCUT2D eigenvalue weighted by atomic mass is 16.5. The number of aryl methyl sites for hydroxylation is 2. The Bertz CT molecular complexity index is 1290. The molecule has 1 amide bonds. The number of fused-ring (bicyclic) bond motifs is 2. The van der Waals surface area contributed by atoms with Crippen LogP contribution in [0.4, 0.5) is 28.4 Å². The zero-order valence-corrected chi connectivity index (χ0v) is 28.5. The van der Waals surface area contributed by atoms with Crippen molar-refractivity contribution < 1.29 is 14.3 Å². The Morgan fingerprint density at radius 2 is 1.35 bits per heavy atom. The van der Waals surface area contributed by atoms with Crippen molar-refractivity contribution in [2.24, 2.45) is 0 Å². The monoisotopic (exact) mass is 627 g/mol. The van der Waals surface area contributed by atoms with Crippen LogP contribution in [-0.4, -0.2) is 39.4 Å². The Balaban J connectivity index is 1.25. The highest BCUT2D eigenvalue weighted by Crippen LogP contribution is 2.48. The van der Waals surface area contributed by atoms with Crippen LogP contribution in [0.5, 0.6) is 0 Å². The number of benzene rings is 3. The Morgan fingerprint density at radius 3 is 2.07 bits per heavy atom. The summed E-state index contributed by atoms with van der Waals surface area (Å²) in [6.07, 6.45) is 18.8. The van der Waals surface area contributed by atoms with E-state index < -0.39 is 0 Å². The van der Waals surface area contributed by atoms with Crippen molar-refractivity contribution in [3.05, 3.63) is 77.9 Å². The van der Waals surface area contributed by atoms with Crippen molar-refractivity contribution in [2.75, 3.05) is 43.7 Å². The number of rotatable bonds is 23. The van der Waals surface area contributed by atoms with Crippen molar-refractivity contribution in [1.82, 2.24) is 5.32 Å². The van der Waals surface area contributed by atoms with E-state index in [9.17, 15) is 4.79 Å². The number of nitrogens with one attached hydrogen (secondary N) is 2. The van der Waals surface area contributed by atoms with Crippen molar-refractivity contribution in [3.63, 3.8) is 0 Å². The maximum absolute atomic E-state index is 12.4. The number of hydrogen-bond donors (Lipinski definition) is 2. The van der Waals surface area contributed by atoms with Gasteiger partial charge in [0, 0.05) is 25.8 Å². The number of para-hydroxylation sites is 2. The lowest BCUT2D eigenvalue weighted by Gasteiger charge is -2.34. The number of hydrogen-bond acceptors (Lipinski definition) is 5. The zero-order chi connectivity index (χ0) is 32.2. The summed E-state index contributed by atoms with van der Waals surface area (Å²) in [6.45, 7) is 4.40. The number of carbonyl (C=O) groups is 1. The first-order chi connectivity index (χ1) is 22.7. The van der Waals surface area contributed by atoms with E-state index in [1.54, 1.807) is 7.11 Å². The van der Waals surface area contributed by atoms with Crippen molar-refractivity contribution in [3.8, 4) is 0 Å². The van der Waals surface area contributed by atoms with E-state index >= 15 is 0 Å². The molecule has 6 nitrogen and oxygen atoms in total. The highest BCUT2D eigenvalue weighted by Gasteiger charge is 2.24. The predicted molar refractivity (Wildman–Crippen MR) is 193 cm³/mol. The number of methoxy groups -OCH3 is 1. The van der Waals surface area contributed by atoms with Crippen LogP contribution in [-0.2, 0) is 27.1 Å². The van der Waals surface area contributed by atoms with Crippen LogP contribution in [0.15, 0.2) is 66.7 Å². The van der Waals surface area contributed by atoms with Crippen LogP contribution >= 0.6 is 0 Å². The summed E-state index contributed by atoms with van der Waals surface area (Å²) in [5.41, 5.74) is 8.11. The van der Waals surface area contributed by atoms with Gasteiger partial charge >= 0.3 is 0 Å². The molecule has 3 aromatic carbocycles. The Kier molecular flexibility index (Phi) is 16.0. The molecule has 0 radical (unpaired) electrons. The summed E-state index contributed by atoms with van der Waals surface area (Å²) in [5.74, 6) is 0.0385. The van der Waals surface area contributed by atoms with E-state index in [4.69, 9.17) is 9.47 Å². The van der Waals surface area contributed by atoms with Gasteiger partial charge in [-0.2, -0.15) is 0 Å². The standard InChI is InChI=1S/C40H57N3O3/c1-3-4-5-6-7-8-9-10-11-12-13-14-17-33-20-24-35(25-21-33)43-38-19-16-15-18-36(38)42-37-32-34(22-26-39(37)43)23-27-40(44)41-28-29-46-31-30-45-2/h15-16,18-22,24-26,32,42H,3-14,17,23,27-31H2,1-2H3,(H,41,44). The average molecular weight is 628 g/mol. The third-order valence-electron chi connectivity index (χ3n) is 8.87. The summed E-state index contributed by atoms with van der Waals surface area (Å²) in [6, 6.07) is 24.1. The molecule has 0 fully saturated rings. The molecule has 0 unspecified atom stereocenters. The summed E-state index contributed by atoms with van der Waals surface area (Å²) in [7, 11) is 1.65. The van der Waals surface area contributed by atoms with Crippen molar-refractivity contribution in [1.29, 1.82) is 0 Å². The minimum atomic E-state index is 0.0385. The summed E-state index contributed by atoms with van der Waals surface area (Å²) in [4.78, 5) is 14.7. The van der Waals surface area contributed by atoms with Crippen LogP contribution in [0, 0.1) is 0 Å². The third-order valence-corrected chi connectivity index (χ3v) is 8.87. The molecular formula is C40H57N3O3. The maximum Gasteiger partial charge on any atom is 0.220 e. The van der Waals surface area contributed by atoms with Crippen LogP contribution in [0.1, 0.15) is 102 Å². The van der Waals surface area contributed by atoms with Crippen molar-refractivity contribution >= 4 is 34.3 Å². The molecule has 0 saturated carbocycles. The van der Waals surface area contributed by atoms with Gasteiger partial charge in [-0.15, -0.1) is 0 Å². The highest BCUT2D eigenvalue weighted by molar-refractivity contribution is 5.96. The summed E-state index contributed by atoms with van der Waals surface area (Å²) < 4.78 is 10.4. The maximum atomic E-state index is 12.4. The molecule has 1 heterocycles. The molecule has 4 rings (SSSR count). The van der Waals surface area contributed by atoms with Gasteiger partial charge in [0.15, 0.2) is 0 Å². The van der Waals surface area contributed by atoms with E-state index in [-0.39, 0.29) is 5.91 Å². The Morgan fingerprint density at radius 1 is 0.696 bits per heavy atom. The lowest BCUT2D eigenvalue weighted by atomic mass is 10.0. The first-order valence-corrected chi connectivity index (χ1v) is 17.9. The summed E-state index contributed by atoms with van der Waals surface area (Å²) >= 11 is 0. The van der Waals surface area contributed by atoms with Gasteiger partial charge in [0.05, 0.1) is 42.6 Å². The molecule has 3 aromatic rings. The van der Waals surface area contributed by atoms with E-state index in [0.29, 0.717) is 39.2 Å². The number of nitrogens with zero attached hydrogens (tertiary/aromatic N) is 1. The topological polar surface area (TPSA) is 62.8 Å². The molecule has 0 aromatic heterocycles. The summed E-state index contributed by atoms with van der Waals surface area (Å²) in [5, 5.41) is 6.58. The fraction of sp³-hybridized carbons (Fsp3) is 0.525. The third kappa shape index (κ3) is 11.8. The predicted octanol–water partition coefficient (Wildman–Crippen LogP) is 10.2. The molecule has 1 aliphatic heterocycles. The number of unbranched alkanes of at least 4 members (excludes halogenated alkanes) is 11. The van der Waals surface area contributed by atoms with Gasteiger partial charge in [0.25, 0.3) is 0 Å². The van der Waals surface area contributed by atoms with Gasteiger partial charge in [-0.1, -0.05) is 108 Å². The number of amides is 1. The number of anilines is 5. The normalized spacial score (nSPS) is 12.0. The van der Waals surface area contributed by atoms with Gasteiger partial charge in [-0.25, -0.2) is 0 Å². The fourth-order valence-corrected chi connectivity index (χ4v) is 6.20. The van der Waals surface area contributed by atoms with Gasteiger partial charge < -0.3 is 25.0 Å². The van der Waals surface area contributed by atoms with E-state index in [1.807, 2.05) is 0 Å². The molecule has 250 valence electrons. The molecule has 2 N–H and O–H groups in total. The Labute approximate surface area is 278 Å². The second-order valence-corrected chi connectivity index (χ2v) is 12.6. The van der Waals surface area contributed by atoms with E-state index in [1.165, 1.54) is 82.6 Å². The average Bonchev–Trinajstić information content (AvgIpc) is 3.08. The molecule has 1 aliphatic rings. The minimum absolute atomic E-state index is 0.0385. The second kappa shape index (κ2) is 20.7. The molecule has 0 aliphatic carbocycles. The minimum Gasteiger partial charge on any atom is -0.382 e. The largest absolute Gasteiger partial charge is 0.382 e. The zero-order valence-electron chi connectivity index (χ0n) is 28.5. The molecular weight excluding hydrogens is 570 g/mol. The molecule has 0 bridgehead atoms. The molecule has 0 atom stereocenters. The Hall–Kier alpha value is -3.35. The number of ether oxygens (including phenoxy) is 2. The van der Waals surface area contributed by atoms with E-state index in [2.05, 4.69) is 89.2 Å². The first-order valence-electron chi connectivity index (χ1n) is 17.9. The van der Waals surface area contributed by atoms with Crippen LogP contribution in [0.25, 0.3) is 0 Å². The molecule has 46 heavy (non-hydrogen) atoms. The van der Waals surface area contributed by atoms with Gasteiger partial charge in [0.2, 0.25) is 5.91 Å². The second-order valence-electron chi connectivity index (χ2n) is 12.6. The quantitative estimate of drug-likeness (QED) is 0.0802. The van der Waals surface area contributed by atoms with Crippen LogP contribution in [0.3, 0.4) is 0 Å². The van der Waals surface area contributed by atoms with Gasteiger partial charge in [-0.3, -0.25) is 4.79 Å². The van der Waals surface area contributed by atoms with Crippen LogP contribution in [0.2, 0.25) is 0 Å². The van der Waals surface area contributed by atoms with Gasteiger partial charge in [-0.05, 0) is 66.8 Å². The van der Waals surface area contributed by atoms with Gasteiger partial charge in [0.1, 0.15) is 0 Å². The first kappa shape index (κ1) is 35.5. The lowest BCUT2D eigenvalue weighted by Crippen LogP contribution is -2.27. The smallest absolute Gasteiger partial charge is 0.220 e. The number of carbonyl (C=O) groups excluding carboxylic acids is 1.